The summed E-state index contributed by atoms with van der Waals surface area (Å²) in [6.45, 7) is 5.54. The van der Waals surface area contributed by atoms with Crippen molar-refractivity contribution in [3.8, 4) is 11.3 Å². The topological polar surface area (TPSA) is 69.9 Å². The molecule has 124 valence electrons. The van der Waals surface area contributed by atoms with Gasteiger partial charge in [-0.25, -0.2) is 4.98 Å². The first-order valence-electron chi connectivity index (χ1n) is 7.77. The molecule has 0 spiro atoms. The first kappa shape index (κ1) is 16.1. The van der Waals surface area contributed by atoms with E-state index in [1.165, 1.54) is 0 Å². The van der Waals surface area contributed by atoms with E-state index in [1.54, 1.807) is 17.1 Å². The van der Waals surface area contributed by atoms with Crippen molar-refractivity contribution in [3.05, 3.63) is 42.5 Å². The van der Waals surface area contributed by atoms with E-state index < -0.39 is 5.60 Å². The molecule has 0 atom stereocenters. The number of hydrogen-bond donors (Lipinski definition) is 0. The lowest BCUT2D eigenvalue weighted by molar-refractivity contribution is -0.153. The zero-order valence-corrected chi connectivity index (χ0v) is 14.3. The number of fused-ring (bicyclic) bond motifs is 1. The van der Waals surface area contributed by atoms with Crippen molar-refractivity contribution in [3.63, 3.8) is 0 Å². The zero-order valence-electron chi connectivity index (χ0n) is 14.3. The first-order chi connectivity index (χ1) is 11.3. The molecule has 3 aromatic rings. The summed E-state index contributed by atoms with van der Waals surface area (Å²) in [5.41, 5.74) is 2.73. The smallest absolute Gasteiger partial charge is 0.312 e. The Morgan fingerprint density at radius 3 is 2.71 bits per heavy atom. The van der Waals surface area contributed by atoms with Crippen LogP contribution in [0.25, 0.3) is 22.2 Å². The molecule has 3 aromatic heterocycles. The predicted molar refractivity (Wildman–Crippen MR) is 91.3 cm³/mol. The van der Waals surface area contributed by atoms with Crippen LogP contribution in [0.3, 0.4) is 0 Å². The van der Waals surface area contributed by atoms with E-state index in [9.17, 15) is 4.79 Å². The molecule has 0 radical (unpaired) electrons. The molecular formula is C18H20N4O2. The van der Waals surface area contributed by atoms with Crippen molar-refractivity contribution in [2.45, 2.75) is 32.8 Å². The molecule has 0 bridgehead atoms. The fraction of sp³-hybridized carbons (Fsp3) is 0.333. The number of carbonyl (C=O) groups excluding carboxylic acids is 1. The average molecular weight is 324 g/mol. The second-order valence-corrected chi connectivity index (χ2v) is 6.73. The fourth-order valence-electron chi connectivity index (χ4n) is 2.39. The lowest BCUT2D eigenvalue weighted by Gasteiger charge is -2.19. The number of pyridine rings is 2. The van der Waals surface area contributed by atoms with Crippen LogP contribution in [-0.4, -0.2) is 31.3 Å². The van der Waals surface area contributed by atoms with Crippen LogP contribution in [0.4, 0.5) is 0 Å². The fourth-order valence-corrected chi connectivity index (χ4v) is 2.39. The summed E-state index contributed by atoms with van der Waals surface area (Å²) in [4.78, 5) is 20.9. The minimum absolute atomic E-state index is 0.131. The van der Waals surface area contributed by atoms with E-state index in [-0.39, 0.29) is 12.4 Å². The summed E-state index contributed by atoms with van der Waals surface area (Å²) in [6, 6.07) is 5.74. The Kier molecular flexibility index (Phi) is 4.05. The van der Waals surface area contributed by atoms with Crippen molar-refractivity contribution < 1.29 is 9.53 Å². The molecule has 0 saturated carbocycles. The number of hydrogen-bond acceptors (Lipinski definition) is 5. The molecule has 0 aliphatic rings. The van der Waals surface area contributed by atoms with Crippen LogP contribution in [0.15, 0.2) is 36.8 Å². The van der Waals surface area contributed by atoms with Crippen molar-refractivity contribution >= 4 is 16.9 Å². The summed E-state index contributed by atoms with van der Waals surface area (Å²) in [5.74, 6) is -0.294. The Labute approximate surface area is 140 Å². The molecule has 0 aliphatic carbocycles. The lowest BCUT2D eigenvalue weighted by Crippen LogP contribution is -2.25. The quantitative estimate of drug-likeness (QED) is 0.693. The summed E-state index contributed by atoms with van der Waals surface area (Å²) in [5, 5.41) is 5.09. The minimum atomic E-state index is -0.500. The van der Waals surface area contributed by atoms with Crippen LogP contribution in [0.2, 0.25) is 0 Å². The Morgan fingerprint density at radius 2 is 2.04 bits per heavy atom. The van der Waals surface area contributed by atoms with Crippen LogP contribution in [0.5, 0.6) is 0 Å². The van der Waals surface area contributed by atoms with Gasteiger partial charge in [0.25, 0.3) is 0 Å². The van der Waals surface area contributed by atoms with Gasteiger partial charge in [-0.3, -0.25) is 14.5 Å². The largest absolute Gasteiger partial charge is 0.460 e. The van der Waals surface area contributed by atoms with E-state index in [0.717, 1.165) is 22.2 Å². The Balaban J connectivity index is 1.88. The van der Waals surface area contributed by atoms with Crippen LogP contribution in [0.1, 0.15) is 26.5 Å². The van der Waals surface area contributed by atoms with Crippen molar-refractivity contribution in [2.24, 2.45) is 7.05 Å². The highest BCUT2D eigenvalue weighted by Crippen LogP contribution is 2.21. The van der Waals surface area contributed by atoms with Crippen LogP contribution >= 0.6 is 0 Å². The molecule has 6 heteroatoms. The van der Waals surface area contributed by atoms with Gasteiger partial charge in [-0.15, -0.1) is 0 Å². The Hall–Kier alpha value is -2.76. The molecule has 0 aromatic carbocycles. The summed E-state index contributed by atoms with van der Waals surface area (Å²) in [7, 11) is 1.87. The summed E-state index contributed by atoms with van der Waals surface area (Å²) >= 11 is 0. The second kappa shape index (κ2) is 6.03. The van der Waals surface area contributed by atoms with Gasteiger partial charge >= 0.3 is 5.97 Å². The third-order valence-electron chi connectivity index (χ3n) is 3.38. The normalized spacial score (nSPS) is 11.7. The molecule has 0 amide bonds. The number of aryl methyl sites for hydroxylation is 1. The molecular weight excluding hydrogens is 304 g/mol. The van der Waals surface area contributed by atoms with Gasteiger partial charge < -0.3 is 4.74 Å². The van der Waals surface area contributed by atoms with Crippen LogP contribution in [0, 0.1) is 0 Å². The second-order valence-electron chi connectivity index (χ2n) is 6.73. The number of aromatic nitrogens is 4. The summed E-state index contributed by atoms with van der Waals surface area (Å²) in [6.07, 6.45) is 5.55. The Bertz CT molecular complexity index is 893. The predicted octanol–water partition coefficient (Wildman–Crippen LogP) is 2.91. The molecule has 0 fully saturated rings. The van der Waals surface area contributed by atoms with Crippen LogP contribution in [-0.2, 0) is 23.0 Å². The minimum Gasteiger partial charge on any atom is -0.460 e. The Morgan fingerprint density at radius 1 is 1.25 bits per heavy atom. The molecule has 0 unspecified atom stereocenters. The van der Waals surface area contributed by atoms with Gasteiger partial charge in [0.2, 0.25) is 0 Å². The molecule has 3 heterocycles. The van der Waals surface area contributed by atoms with Crippen molar-refractivity contribution in [2.75, 3.05) is 0 Å². The number of nitrogens with zero attached hydrogens (tertiary/aromatic N) is 4. The third kappa shape index (κ3) is 3.76. The zero-order chi connectivity index (χ0) is 17.3. The third-order valence-corrected chi connectivity index (χ3v) is 3.38. The SMILES string of the molecule is Cn1cc(-c2ccc3cnc(CC(=O)OC(C)(C)C)cc3n2)cn1. The van der Waals surface area contributed by atoms with E-state index in [0.29, 0.717) is 5.69 Å². The van der Waals surface area contributed by atoms with E-state index in [2.05, 4.69) is 15.1 Å². The van der Waals surface area contributed by atoms with Gasteiger partial charge in [-0.2, -0.15) is 5.10 Å². The van der Waals surface area contributed by atoms with E-state index in [4.69, 9.17) is 4.74 Å². The van der Waals surface area contributed by atoms with Gasteiger partial charge in [0, 0.05) is 30.4 Å². The van der Waals surface area contributed by atoms with E-state index in [1.807, 2.05) is 52.2 Å². The summed E-state index contributed by atoms with van der Waals surface area (Å²) < 4.78 is 7.08. The van der Waals surface area contributed by atoms with Gasteiger partial charge in [0.15, 0.2) is 0 Å². The molecule has 6 nitrogen and oxygen atoms in total. The van der Waals surface area contributed by atoms with Crippen molar-refractivity contribution in [1.82, 2.24) is 19.7 Å². The lowest BCUT2D eigenvalue weighted by atomic mass is 10.1. The average Bonchev–Trinajstić information content (AvgIpc) is 2.91. The number of esters is 1. The molecule has 0 N–H and O–H groups in total. The highest BCUT2D eigenvalue weighted by Gasteiger charge is 2.17. The maximum absolute atomic E-state index is 12.0. The molecule has 0 saturated heterocycles. The molecule has 0 aliphatic heterocycles. The number of carbonyl (C=O) groups is 1. The van der Waals surface area contributed by atoms with E-state index >= 15 is 0 Å². The first-order valence-corrected chi connectivity index (χ1v) is 7.77. The van der Waals surface area contributed by atoms with Crippen LogP contribution < -0.4 is 0 Å². The van der Waals surface area contributed by atoms with Gasteiger partial charge in [-0.05, 0) is 39.0 Å². The highest BCUT2D eigenvalue weighted by molar-refractivity contribution is 5.82. The van der Waals surface area contributed by atoms with Gasteiger partial charge in [-0.1, -0.05) is 0 Å². The highest BCUT2D eigenvalue weighted by atomic mass is 16.6. The molecule has 24 heavy (non-hydrogen) atoms. The maximum atomic E-state index is 12.0. The monoisotopic (exact) mass is 324 g/mol. The van der Waals surface area contributed by atoms with Gasteiger partial charge in [0.1, 0.15) is 5.60 Å². The number of rotatable bonds is 3. The van der Waals surface area contributed by atoms with Gasteiger partial charge in [0.05, 0.1) is 29.5 Å². The maximum Gasteiger partial charge on any atom is 0.312 e. The number of ether oxygens (including phenoxy) is 1. The van der Waals surface area contributed by atoms with Crippen molar-refractivity contribution in [1.29, 1.82) is 0 Å². The standard InChI is InChI=1S/C18H20N4O2/c1-18(2,3)24-17(23)8-14-7-16-12(9-19-14)5-6-15(21-16)13-10-20-22(4)11-13/h5-7,9-11H,8H2,1-4H3. The molecule has 3 rings (SSSR count).